The van der Waals surface area contributed by atoms with Gasteiger partial charge in [-0.1, -0.05) is 46.3 Å². The van der Waals surface area contributed by atoms with Crippen LogP contribution in [0.25, 0.3) is 0 Å². The van der Waals surface area contributed by atoms with Gasteiger partial charge >= 0.3 is 0 Å². The molecule has 16 heavy (non-hydrogen) atoms. The Hall–Kier alpha value is -1.41. The van der Waals surface area contributed by atoms with E-state index in [4.69, 9.17) is 0 Å². The maximum atomic E-state index is 4.65. The fraction of sp³-hybridized carbons (Fsp3) is 0.0714. The van der Waals surface area contributed by atoms with Gasteiger partial charge in [0.1, 0.15) is 0 Å². The Morgan fingerprint density at radius 1 is 0.938 bits per heavy atom. The molecule has 78 valence electrons. The molecule has 3 rings (SSSR count). The first-order valence-corrected chi connectivity index (χ1v) is 6.04. The lowest BCUT2D eigenvalue weighted by atomic mass is 10.0. The first-order valence-electron chi connectivity index (χ1n) is 5.24. The molecular formula is C14H10BrN. The quantitative estimate of drug-likeness (QED) is 0.740. The zero-order chi connectivity index (χ0) is 11.0. The minimum absolute atomic E-state index is 0.942. The van der Waals surface area contributed by atoms with E-state index in [1.54, 1.807) is 0 Å². The van der Waals surface area contributed by atoms with Gasteiger partial charge in [-0.15, -0.1) is 0 Å². The average molecular weight is 272 g/mol. The van der Waals surface area contributed by atoms with Crippen molar-refractivity contribution in [3.63, 3.8) is 0 Å². The highest BCUT2D eigenvalue weighted by Gasteiger charge is 2.14. The highest BCUT2D eigenvalue weighted by Crippen LogP contribution is 2.28. The number of hydrogen-bond donors (Lipinski definition) is 0. The van der Waals surface area contributed by atoms with Gasteiger partial charge in [-0.3, -0.25) is 4.99 Å². The first-order chi connectivity index (χ1) is 7.83. The van der Waals surface area contributed by atoms with Gasteiger partial charge in [-0.25, -0.2) is 0 Å². The van der Waals surface area contributed by atoms with Crippen molar-refractivity contribution in [1.82, 2.24) is 0 Å². The third kappa shape index (κ3) is 1.69. The Morgan fingerprint density at radius 2 is 1.69 bits per heavy atom. The topological polar surface area (TPSA) is 12.4 Å². The smallest absolute Gasteiger partial charge is 0.0669 e. The lowest BCUT2D eigenvalue weighted by Gasteiger charge is -1.99. The summed E-state index contributed by atoms with van der Waals surface area (Å²) in [6, 6.07) is 16.6. The second kappa shape index (κ2) is 3.87. The number of para-hydroxylation sites is 1. The zero-order valence-electron chi connectivity index (χ0n) is 8.65. The number of nitrogens with zero attached hydrogens (tertiary/aromatic N) is 1. The molecule has 2 aromatic rings. The predicted molar refractivity (Wildman–Crippen MR) is 70.5 cm³/mol. The molecule has 2 aromatic carbocycles. The number of halogens is 1. The highest BCUT2D eigenvalue weighted by atomic mass is 79.9. The van der Waals surface area contributed by atoms with E-state index in [2.05, 4.69) is 63.4 Å². The summed E-state index contributed by atoms with van der Waals surface area (Å²) in [5.74, 6) is 0. The zero-order valence-corrected chi connectivity index (χ0v) is 10.2. The summed E-state index contributed by atoms with van der Waals surface area (Å²) in [6.07, 6.45) is 0.942. The molecule has 0 radical (unpaired) electrons. The molecule has 0 atom stereocenters. The van der Waals surface area contributed by atoms with E-state index in [-0.39, 0.29) is 0 Å². The molecule has 2 heteroatoms. The van der Waals surface area contributed by atoms with Crippen molar-refractivity contribution in [2.45, 2.75) is 6.42 Å². The van der Waals surface area contributed by atoms with Gasteiger partial charge in [-0.05, 0) is 29.3 Å². The molecule has 0 amide bonds. The lowest BCUT2D eigenvalue weighted by molar-refractivity contribution is 1.39. The summed E-state index contributed by atoms with van der Waals surface area (Å²) in [5.41, 5.74) is 4.80. The summed E-state index contributed by atoms with van der Waals surface area (Å²) < 4.78 is 1.10. The third-order valence-electron chi connectivity index (χ3n) is 2.78. The standard InChI is InChI=1S/C14H10BrN/c15-12-7-5-10(6-8-12)14-9-11-3-1-2-4-13(11)16-14/h1-8H,9H2. The van der Waals surface area contributed by atoms with Crippen LogP contribution in [0.4, 0.5) is 5.69 Å². The molecule has 0 saturated carbocycles. The van der Waals surface area contributed by atoms with Gasteiger partial charge in [0.15, 0.2) is 0 Å². The summed E-state index contributed by atoms with van der Waals surface area (Å²) in [7, 11) is 0. The van der Waals surface area contributed by atoms with E-state index < -0.39 is 0 Å². The van der Waals surface area contributed by atoms with Crippen LogP contribution in [-0.2, 0) is 6.42 Å². The van der Waals surface area contributed by atoms with E-state index in [9.17, 15) is 0 Å². The van der Waals surface area contributed by atoms with Crippen LogP contribution in [0.5, 0.6) is 0 Å². The molecule has 0 aromatic heterocycles. The monoisotopic (exact) mass is 271 g/mol. The van der Waals surface area contributed by atoms with Crippen molar-refractivity contribution in [3.05, 3.63) is 64.1 Å². The fourth-order valence-corrected chi connectivity index (χ4v) is 2.21. The predicted octanol–water partition coefficient (Wildman–Crippen LogP) is 4.13. The average Bonchev–Trinajstić information content (AvgIpc) is 2.73. The van der Waals surface area contributed by atoms with Crippen molar-refractivity contribution in [1.29, 1.82) is 0 Å². The number of fused-ring (bicyclic) bond motifs is 1. The van der Waals surface area contributed by atoms with E-state index in [0.29, 0.717) is 0 Å². The normalized spacial score (nSPS) is 13.4. The molecular weight excluding hydrogens is 262 g/mol. The van der Waals surface area contributed by atoms with E-state index in [1.807, 2.05) is 6.07 Å². The number of rotatable bonds is 1. The second-order valence-electron chi connectivity index (χ2n) is 3.87. The maximum absolute atomic E-state index is 4.65. The Kier molecular flexibility index (Phi) is 2.37. The van der Waals surface area contributed by atoms with Crippen LogP contribution in [0.2, 0.25) is 0 Å². The molecule has 0 fully saturated rings. The highest BCUT2D eigenvalue weighted by molar-refractivity contribution is 9.10. The van der Waals surface area contributed by atoms with E-state index >= 15 is 0 Å². The van der Waals surface area contributed by atoms with Crippen molar-refractivity contribution in [3.8, 4) is 0 Å². The molecule has 1 aliphatic rings. The van der Waals surface area contributed by atoms with Crippen LogP contribution >= 0.6 is 15.9 Å². The number of hydrogen-bond acceptors (Lipinski definition) is 1. The van der Waals surface area contributed by atoms with Crippen molar-refractivity contribution in [2.24, 2.45) is 4.99 Å². The minimum Gasteiger partial charge on any atom is -0.252 e. The van der Waals surface area contributed by atoms with Gasteiger partial charge in [0.2, 0.25) is 0 Å². The van der Waals surface area contributed by atoms with Gasteiger partial charge < -0.3 is 0 Å². The molecule has 0 bridgehead atoms. The van der Waals surface area contributed by atoms with E-state index in [0.717, 1.165) is 22.3 Å². The summed E-state index contributed by atoms with van der Waals surface area (Å²) in [5, 5.41) is 0. The van der Waals surface area contributed by atoms with Gasteiger partial charge in [0, 0.05) is 10.9 Å². The second-order valence-corrected chi connectivity index (χ2v) is 4.79. The van der Waals surface area contributed by atoms with Gasteiger partial charge in [0.25, 0.3) is 0 Å². The molecule has 0 aliphatic carbocycles. The third-order valence-corrected chi connectivity index (χ3v) is 3.31. The van der Waals surface area contributed by atoms with Crippen LogP contribution in [0.15, 0.2) is 58.0 Å². The Labute approximate surface area is 103 Å². The minimum atomic E-state index is 0.942. The molecule has 0 N–H and O–H groups in total. The SMILES string of the molecule is Brc1ccc(C2=Nc3ccccc3C2)cc1. The fourth-order valence-electron chi connectivity index (χ4n) is 1.94. The lowest BCUT2D eigenvalue weighted by Crippen LogP contribution is -1.99. The van der Waals surface area contributed by atoms with Crippen LogP contribution in [-0.4, -0.2) is 5.71 Å². The molecule has 1 heterocycles. The van der Waals surface area contributed by atoms with Crippen LogP contribution in [0, 0.1) is 0 Å². The molecule has 0 unspecified atom stereocenters. The number of benzene rings is 2. The Bertz CT molecular complexity index is 555. The summed E-state index contributed by atoms with van der Waals surface area (Å²) in [4.78, 5) is 4.65. The molecule has 0 saturated heterocycles. The Balaban J connectivity index is 1.98. The van der Waals surface area contributed by atoms with Crippen molar-refractivity contribution < 1.29 is 0 Å². The van der Waals surface area contributed by atoms with Crippen LogP contribution in [0.1, 0.15) is 11.1 Å². The van der Waals surface area contributed by atoms with Gasteiger partial charge in [0.05, 0.1) is 11.4 Å². The molecule has 1 aliphatic heterocycles. The molecule has 1 nitrogen and oxygen atoms in total. The first kappa shape index (κ1) is 9.79. The molecule has 0 spiro atoms. The van der Waals surface area contributed by atoms with Crippen molar-refractivity contribution in [2.75, 3.05) is 0 Å². The van der Waals surface area contributed by atoms with E-state index in [1.165, 1.54) is 11.1 Å². The summed E-state index contributed by atoms with van der Waals surface area (Å²) >= 11 is 3.44. The van der Waals surface area contributed by atoms with Crippen molar-refractivity contribution >= 4 is 27.3 Å². The largest absolute Gasteiger partial charge is 0.252 e. The van der Waals surface area contributed by atoms with Gasteiger partial charge in [-0.2, -0.15) is 0 Å². The Morgan fingerprint density at radius 3 is 2.44 bits per heavy atom. The summed E-state index contributed by atoms with van der Waals surface area (Å²) in [6.45, 7) is 0. The maximum Gasteiger partial charge on any atom is 0.0669 e. The van der Waals surface area contributed by atoms with Crippen LogP contribution in [0.3, 0.4) is 0 Å². The van der Waals surface area contributed by atoms with Crippen LogP contribution < -0.4 is 0 Å². The number of aliphatic imine (C=N–C) groups is 1.